The Kier molecular flexibility index (Phi) is 5.89. The van der Waals surface area contributed by atoms with Crippen molar-refractivity contribution in [1.29, 1.82) is 5.26 Å². The van der Waals surface area contributed by atoms with Crippen LogP contribution in [0.15, 0.2) is 24.3 Å². The summed E-state index contributed by atoms with van der Waals surface area (Å²) in [7, 11) is 0. The molecule has 0 spiro atoms. The van der Waals surface area contributed by atoms with Gasteiger partial charge in [-0.15, -0.1) is 0 Å². The van der Waals surface area contributed by atoms with Gasteiger partial charge in [0, 0.05) is 12.0 Å². The molecule has 0 aliphatic rings. The summed E-state index contributed by atoms with van der Waals surface area (Å²) in [4.78, 5) is 33.3. The monoisotopic (exact) mass is 290 g/mol. The van der Waals surface area contributed by atoms with Crippen molar-refractivity contribution >= 4 is 17.8 Å². The highest BCUT2D eigenvalue weighted by molar-refractivity contribution is 5.96. The van der Waals surface area contributed by atoms with E-state index in [1.165, 1.54) is 24.3 Å². The first kappa shape index (κ1) is 16.2. The third-order valence-electron chi connectivity index (χ3n) is 2.76. The van der Waals surface area contributed by atoms with Crippen molar-refractivity contribution in [2.24, 2.45) is 0 Å². The molecule has 1 unspecified atom stereocenters. The number of carboxylic acid groups (broad SMARTS) is 2. The molecule has 0 radical (unpaired) electrons. The summed E-state index contributed by atoms with van der Waals surface area (Å²) in [5.74, 6) is -2.82. The van der Waals surface area contributed by atoms with Crippen LogP contribution in [0.5, 0.6) is 0 Å². The van der Waals surface area contributed by atoms with Crippen molar-refractivity contribution in [3.63, 3.8) is 0 Å². The Morgan fingerprint density at radius 1 is 1.19 bits per heavy atom. The van der Waals surface area contributed by atoms with E-state index in [1.54, 1.807) is 0 Å². The molecular formula is C14H14N2O5. The molecule has 1 amide bonds. The highest BCUT2D eigenvalue weighted by Crippen LogP contribution is 2.06. The Balaban J connectivity index is 2.65. The van der Waals surface area contributed by atoms with Crippen molar-refractivity contribution in [3.8, 4) is 6.07 Å². The summed E-state index contributed by atoms with van der Waals surface area (Å²) in [5.41, 5.74) is 0.626. The zero-order valence-corrected chi connectivity index (χ0v) is 11.1. The second kappa shape index (κ2) is 7.65. The fourth-order valence-corrected chi connectivity index (χ4v) is 1.65. The van der Waals surface area contributed by atoms with Gasteiger partial charge in [0.25, 0.3) is 5.91 Å². The zero-order valence-electron chi connectivity index (χ0n) is 11.1. The lowest BCUT2D eigenvalue weighted by Gasteiger charge is -2.14. The molecule has 7 nitrogen and oxygen atoms in total. The summed E-state index contributed by atoms with van der Waals surface area (Å²) in [6.45, 7) is 0. The van der Waals surface area contributed by atoms with Crippen LogP contribution in [0.4, 0.5) is 0 Å². The Labute approximate surface area is 120 Å². The van der Waals surface area contributed by atoms with Crippen molar-refractivity contribution < 1.29 is 24.6 Å². The van der Waals surface area contributed by atoms with Gasteiger partial charge in [-0.1, -0.05) is 0 Å². The van der Waals surface area contributed by atoms with Crippen LogP contribution < -0.4 is 5.32 Å². The van der Waals surface area contributed by atoms with E-state index in [0.717, 1.165) is 0 Å². The van der Waals surface area contributed by atoms with Gasteiger partial charge in [-0.05, 0) is 37.1 Å². The Morgan fingerprint density at radius 3 is 2.29 bits per heavy atom. The topological polar surface area (TPSA) is 127 Å². The first-order valence-corrected chi connectivity index (χ1v) is 6.19. The van der Waals surface area contributed by atoms with Gasteiger partial charge in [0.15, 0.2) is 0 Å². The van der Waals surface area contributed by atoms with E-state index >= 15 is 0 Å². The van der Waals surface area contributed by atoms with Gasteiger partial charge in [-0.25, -0.2) is 4.79 Å². The molecule has 0 bridgehead atoms. The molecule has 0 aromatic heterocycles. The largest absolute Gasteiger partial charge is 0.481 e. The molecule has 7 heteroatoms. The van der Waals surface area contributed by atoms with Crippen LogP contribution >= 0.6 is 0 Å². The Bertz CT molecular complexity index is 574. The number of carboxylic acids is 2. The predicted octanol–water partition coefficient (Wildman–Crippen LogP) is 0.996. The van der Waals surface area contributed by atoms with Gasteiger partial charge < -0.3 is 15.5 Å². The fourth-order valence-electron chi connectivity index (χ4n) is 1.65. The highest BCUT2D eigenvalue weighted by atomic mass is 16.4. The van der Waals surface area contributed by atoms with Gasteiger partial charge in [0.1, 0.15) is 6.04 Å². The van der Waals surface area contributed by atoms with Crippen LogP contribution in [0, 0.1) is 11.3 Å². The van der Waals surface area contributed by atoms with E-state index in [4.69, 9.17) is 15.5 Å². The molecule has 110 valence electrons. The lowest BCUT2D eigenvalue weighted by Crippen LogP contribution is -2.40. The van der Waals surface area contributed by atoms with E-state index in [1.807, 2.05) is 6.07 Å². The molecule has 0 heterocycles. The van der Waals surface area contributed by atoms with Crippen LogP contribution in [-0.4, -0.2) is 34.1 Å². The normalized spacial score (nSPS) is 11.2. The predicted molar refractivity (Wildman–Crippen MR) is 71.5 cm³/mol. The Morgan fingerprint density at radius 2 is 1.81 bits per heavy atom. The van der Waals surface area contributed by atoms with Crippen molar-refractivity contribution in [2.45, 2.75) is 25.3 Å². The average molecular weight is 290 g/mol. The van der Waals surface area contributed by atoms with Crippen molar-refractivity contribution in [1.82, 2.24) is 5.32 Å². The maximum atomic E-state index is 11.9. The minimum Gasteiger partial charge on any atom is -0.481 e. The zero-order chi connectivity index (χ0) is 15.8. The number of hydrogen-bond acceptors (Lipinski definition) is 4. The maximum absolute atomic E-state index is 11.9. The SMILES string of the molecule is N#Cc1ccc(C(=O)NC(CCCC(=O)O)C(=O)O)cc1. The number of nitrogens with zero attached hydrogens (tertiary/aromatic N) is 1. The van der Waals surface area contributed by atoms with Crippen molar-refractivity contribution in [2.75, 3.05) is 0 Å². The lowest BCUT2D eigenvalue weighted by molar-refractivity contribution is -0.140. The molecule has 1 rings (SSSR count). The maximum Gasteiger partial charge on any atom is 0.326 e. The molecular weight excluding hydrogens is 276 g/mol. The van der Waals surface area contributed by atoms with Gasteiger partial charge in [0.2, 0.25) is 0 Å². The number of benzene rings is 1. The third-order valence-corrected chi connectivity index (χ3v) is 2.76. The van der Waals surface area contributed by atoms with Gasteiger partial charge in [-0.2, -0.15) is 5.26 Å². The van der Waals surface area contributed by atoms with Crippen LogP contribution in [0.3, 0.4) is 0 Å². The number of carbonyl (C=O) groups excluding carboxylic acids is 1. The number of nitriles is 1. The average Bonchev–Trinajstić information content (AvgIpc) is 2.45. The second-order valence-corrected chi connectivity index (χ2v) is 4.34. The minimum atomic E-state index is -1.22. The van der Waals surface area contributed by atoms with E-state index in [-0.39, 0.29) is 24.8 Å². The van der Waals surface area contributed by atoms with Gasteiger partial charge >= 0.3 is 11.9 Å². The summed E-state index contributed by atoms with van der Waals surface area (Å²) in [6.07, 6.45) is 0.0279. The van der Waals surface area contributed by atoms with Gasteiger partial charge in [-0.3, -0.25) is 9.59 Å². The molecule has 1 atom stereocenters. The molecule has 0 saturated carbocycles. The van der Waals surface area contributed by atoms with E-state index in [2.05, 4.69) is 5.32 Å². The first-order chi connectivity index (χ1) is 9.93. The number of aliphatic carboxylic acids is 2. The van der Waals surface area contributed by atoms with Crippen molar-refractivity contribution in [3.05, 3.63) is 35.4 Å². The molecule has 21 heavy (non-hydrogen) atoms. The molecule has 0 aliphatic carbocycles. The van der Waals surface area contributed by atoms with E-state index < -0.39 is 23.9 Å². The van der Waals surface area contributed by atoms with Crippen LogP contribution in [0.25, 0.3) is 0 Å². The molecule has 1 aromatic carbocycles. The first-order valence-electron chi connectivity index (χ1n) is 6.19. The molecule has 0 saturated heterocycles. The number of nitrogens with one attached hydrogen (secondary N) is 1. The highest BCUT2D eigenvalue weighted by Gasteiger charge is 2.20. The number of rotatable bonds is 7. The fraction of sp³-hybridized carbons (Fsp3) is 0.286. The van der Waals surface area contributed by atoms with Crippen LogP contribution in [0.2, 0.25) is 0 Å². The third kappa shape index (κ3) is 5.32. The molecule has 3 N–H and O–H groups in total. The van der Waals surface area contributed by atoms with E-state index in [9.17, 15) is 14.4 Å². The van der Waals surface area contributed by atoms with E-state index in [0.29, 0.717) is 5.56 Å². The lowest BCUT2D eigenvalue weighted by atomic mass is 10.1. The standard InChI is InChI=1S/C14H14N2O5/c15-8-9-4-6-10(7-5-9)13(19)16-11(14(20)21)2-1-3-12(17)18/h4-7,11H,1-3H2,(H,16,19)(H,17,18)(H,20,21). The number of carbonyl (C=O) groups is 3. The van der Waals surface area contributed by atoms with Crippen LogP contribution in [-0.2, 0) is 9.59 Å². The summed E-state index contributed by atoms with van der Waals surface area (Å²) in [6, 6.07) is 6.51. The summed E-state index contributed by atoms with van der Waals surface area (Å²) >= 11 is 0. The second-order valence-electron chi connectivity index (χ2n) is 4.34. The number of hydrogen-bond donors (Lipinski definition) is 3. The smallest absolute Gasteiger partial charge is 0.326 e. The quantitative estimate of drug-likeness (QED) is 0.687. The van der Waals surface area contributed by atoms with Gasteiger partial charge in [0.05, 0.1) is 11.6 Å². The summed E-state index contributed by atoms with van der Waals surface area (Å²) in [5, 5.41) is 28.5. The molecule has 1 aromatic rings. The molecule has 0 fully saturated rings. The summed E-state index contributed by atoms with van der Waals surface area (Å²) < 4.78 is 0. The number of amides is 1. The van der Waals surface area contributed by atoms with Crippen LogP contribution in [0.1, 0.15) is 35.2 Å². The molecule has 0 aliphatic heterocycles. The Hall–Kier alpha value is -2.88. The minimum absolute atomic E-state index is 0.0314.